The number of benzene rings is 1. The second-order valence-corrected chi connectivity index (χ2v) is 11.6. The number of rotatable bonds is 2. The Hall–Kier alpha value is -1.91. The predicted octanol–water partition coefficient (Wildman–Crippen LogP) is 5.52. The van der Waals surface area contributed by atoms with Crippen molar-refractivity contribution in [2.24, 2.45) is 17.3 Å². The average Bonchev–Trinajstić information content (AvgIpc) is 3.32. The van der Waals surface area contributed by atoms with Gasteiger partial charge in [0.25, 0.3) is 0 Å². The number of hydrogen-bond acceptors (Lipinski definition) is 4. The van der Waals surface area contributed by atoms with Crippen LogP contribution in [0.5, 0.6) is 0 Å². The predicted molar refractivity (Wildman–Crippen MR) is 130 cm³/mol. The molecule has 3 unspecified atom stereocenters. The molecule has 0 amide bonds. The maximum absolute atomic E-state index is 12.2. The van der Waals surface area contributed by atoms with Gasteiger partial charge >= 0.3 is 0 Å². The maximum atomic E-state index is 12.2. The summed E-state index contributed by atoms with van der Waals surface area (Å²) >= 11 is 0. The van der Waals surface area contributed by atoms with Crippen LogP contribution in [0.3, 0.4) is 0 Å². The van der Waals surface area contributed by atoms with Crippen LogP contribution in [0.15, 0.2) is 47.1 Å². The van der Waals surface area contributed by atoms with Gasteiger partial charge in [0, 0.05) is 44.0 Å². The van der Waals surface area contributed by atoms with Crippen molar-refractivity contribution in [2.45, 2.75) is 82.5 Å². The first kappa shape index (κ1) is 21.6. The lowest BCUT2D eigenvalue weighted by Gasteiger charge is -2.55. The van der Waals surface area contributed by atoms with Crippen molar-refractivity contribution < 1.29 is 14.6 Å². The molecule has 1 N–H and O–H groups in total. The molecule has 5 aliphatic rings. The number of aliphatic hydroxyl groups excluding tert-OH is 1. The summed E-state index contributed by atoms with van der Waals surface area (Å²) in [5.74, 6) is 1.81. The van der Waals surface area contributed by atoms with E-state index in [4.69, 9.17) is 4.74 Å². The zero-order valence-electron chi connectivity index (χ0n) is 20.3. The Morgan fingerprint density at radius 2 is 1.79 bits per heavy atom. The number of aliphatic hydroxyl groups is 1. The highest BCUT2D eigenvalue weighted by molar-refractivity contribution is 5.93. The highest BCUT2D eigenvalue weighted by Crippen LogP contribution is 2.69. The standard InChI is InChI=1S/C29H37NO3/c1-28-17-24(18-4-7-20(8-5-18)30(2)3)27-22-11-9-21(31)16-19(22)6-10-23(27)25(28)12-14-29(28)15-13-26(32)33-29/h4-5,7-8,16,23-26,32H,6,9-15,17H2,1-3H3/t23?,24-,25?,26?,28+,29-/m1/s1. The van der Waals surface area contributed by atoms with Gasteiger partial charge in [-0.15, -0.1) is 0 Å². The SMILES string of the molecule is CN(C)c1ccc([C@H]2C[C@@]3(C)C(CC[C@@]34CCC(O)O4)C3CCC4=CC(=O)CCC4=C32)cc1. The average molecular weight is 448 g/mol. The van der Waals surface area contributed by atoms with Crippen molar-refractivity contribution in [1.29, 1.82) is 0 Å². The van der Waals surface area contributed by atoms with E-state index in [1.165, 1.54) is 28.8 Å². The Morgan fingerprint density at radius 3 is 2.48 bits per heavy atom. The molecular formula is C29H37NO3. The summed E-state index contributed by atoms with van der Waals surface area (Å²) in [5, 5.41) is 10.4. The maximum Gasteiger partial charge on any atom is 0.156 e. The number of anilines is 1. The largest absolute Gasteiger partial charge is 0.378 e. The van der Waals surface area contributed by atoms with Gasteiger partial charge in [-0.3, -0.25) is 4.79 Å². The summed E-state index contributed by atoms with van der Waals surface area (Å²) in [6.45, 7) is 2.47. The van der Waals surface area contributed by atoms with E-state index in [2.05, 4.69) is 50.2 Å². The van der Waals surface area contributed by atoms with E-state index in [0.29, 0.717) is 30.0 Å². The van der Waals surface area contributed by atoms with Crippen molar-refractivity contribution in [3.8, 4) is 0 Å². The number of ether oxygens (including phenoxy) is 1. The van der Waals surface area contributed by atoms with Crippen LogP contribution in [0.4, 0.5) is 5.69 Å². The van der Waals surface area contributed by atoms with Gasteiger partial charge in [0.15, 0.2) is 12.1 Å². The molecule has 1 heterocycles. The zero-order chi connectivity index (χ0) is 23.0. The second-order valence-electron chi connectivity index (χ2n) is 11.6. The molecule has 0 aromatic heterocycles. The first-order valence-corrected chi connectivity index (χ1v) is 12.9. The van der Waals surface area contributed by atoms with E-state index in [9.17, 15) is 9.90 Å². The molecule has 1 saturated heterocycles. The lowest BCUT2D eigenvalue weighted by molar-refractivity contribution is -0.186. The molecule has 4 nitrogen and oxygen atoms in total. The van der Waals surface area contributed by atoms with Gasteiger partial charge in [0.2, 0.25) is 0 Å². The minimum Gasteiger partial charge on any atom is -0.378 e. The van der Waals surface area contributed by atoms with Gasteiger partial charge in [-0.05, 0) is 91.7 Å². The molecular weight excluding hydrogens is 410 g/mol. The van der Waals surface area contributed by atoms with Crippen LogP contribution in [-0.2, 0) is 9.53 Å². The molecule has 33 heavy (non-hydrogen) atoms. The van der Waals surface area contributed by atoms with Gasteiger partial charge in [0.1, 0.15) is 0 Å². The van der Waals surface area contributed by atoms with Crippen LogP contribution in [-0.4, -0.2) is 36.9 Å². The van der Waals surface area contributed by atoms with Gasteiger partial charge < -0.3 is 14.7 Å². The lowest BCUT2D eigenvalue weighted by atomic mass is 9.51. The molecule has 4 aliphatic carbocycles. The van der Waals surface area contributed by atoms with Crippen LogP contribution >= 0.6 is 0 Å². The molecule has 176 valence electrons. The van der Waals surface area contributed by atoms with E-state index in [1.54, 1.807) is 5.57 Å². The highest BCUT2D eigenvalue weighted by atomic mass is 16.6. The fourth-order valence-corrected chi connectivity index (χ4v) is 8.38. The summed E-state index contributed by atoms with van der Waals surface area (Å²) in [6.07, 6.45) is 10.2. The summed E-state index contributed by atoms with van der Waals surface area (Å²) in [5.41, 5.74) is 6.95. The first-order valence-electron chi connectivity index (χ1n) is 12.9. The molecule has 6 atom stereocenters. The van der Waals surface area contributed by atoms with Crippen LogP contribution in [0.1, 0.15) is 76.2 Å². The number of fused-ring (bicyclic) bond motifs is 5. The van der Waals surface area contributed by atoms with E-state index in [-0.39, 0.29) is 11.0 Å². The summed E-state index contributed by atoms with van der Waals surface area (Å²) < 4.78 is 6.39. The topological polar surface area (TPSA) is 49.8 Å². The molecule has 3 fully saturated rings. The Balaban J connectivity index is 1.49. The van der Waals surface area contributed by atoms with Gasteiger partial charge in [-0.25, -0.2) is 0 Å². The number of carbonyl (C=O) groups is 1. The number of allylic oxidation sites excluding steroid dienone is 4. The Kier molecular flexibility index (Phi) is 4.94. The van der Waals surface area contributed by atoms with Crippen molar-refractivity contribution in [1.82, 2.24) is 0 Å². The number of nitrogens with zero attached hydrogens (tertiary/aromatic N) is 1. The van der Waals surface area contributed by atoms with Crippen LogP contribution in [0.2, 0.25) is 0 Å². The second kappa shape index (κ2) is 7.55. The molecule has 0 radical (unpaired) electrons. The monoisotopic (exact) mass is 447 g/mol. The first-order chi connectivity index (χ1) is 15.8. The fraction of sp³-hybridized carbons (Fsp3) is 0.621. The van der Waals surface area contributed by atoms with Crippen LogP contribution in [0.25, 0.3) is 0 Å². The highest BCUT2D eigenvalue weighted by Gasteiger charge is 2.65. The zero-order valence-corrected chi connectivity index (χ0v) is 20.3. The molecule has 1 spiro atoms. The normalized spacial score (nSPS) is 39.9. The third kappa shape index (κ3) is 3.13. The van der Waals surface area contributed by atoms with Crippen molar-refractivity contribution in [3.63, 3.8) is 0 Å². The number of ketones is 1. The van der Waals surface area contributed by atoms with E-state index in [0.717, 1.165) is 44.9 Å². The minimum absolute atomic E-state index is 0.0653. The number of hydrogen-bond donors (Lipinski definition) is 1. The molecule has 1 aliphatic heterocycles. The third-order valence-electron chi connectivity index (χ3n) is 9.99. The summed E-state index contributed by atoms with van der Waals surface area (Å²) in [4.78, 5) is 14.4. The number of carbonyl (C=O) groups excluding carboxylic acids is 1. The van der Waals surface area contributed by atoms with Gasteiger partial charge in [-0.2, -0.15) is 0 Å². The molecule has 1 aromatic carbocycles. The third-order valence-corrected chi connectivity index (χ3v) is 9.99. The van der Waals surface area contributed by atoms with Crippen molar-refractivity contribution in [2.75, 3.05) is 19.0 Å². The molecule has 1 aromatic rings. The molecule has 4 heteroatoms. The van der Waals surface area contributed by atoms with E-state index in [1.807, 2.05) is 6.08 Å². The van der Waals surface area contributed by atoms with Crippen molar-refractivity contribution in [3.05, 3.63) is 52.6 Å². The van der Waals surface area contributed by atoms with Gasteiger partial charge in [-0.1, -0.05) is 24.6 Å². The summed E-state index contributed by atoms with van der Waals surface area (Å²) in [7, 11) is 4.17. The van der Waals surface area contributed by atoms with Crippen LogP contribution in [0, 0.1) is 17.3 Å². The Morgan fingerprint density at radius 1 is 1.03 bits per heavy atom. The van der Waals surface area contributed by atoms with Crippen molar-refractivity contribution >= 4 is 11.5 Å². The van der Waals surface area contributed by atoms with E-state index >= 15 is 0 Å². The molecule has 6 rings (SSSR count). The van der Waals surface area contributed by atoms with Gasteiger partial charge in [0.05, 0.1) is 5.60 Å². The lowest BCUT2D eigenvalue weighted by Crippen LogP contribution is -2.51. The van der Waals surface area contributed by atoms with Crippen LogP contribution < -0.4 is 4.90 Å². The van der Waals surface area contributed by atoms with E-state index < -0.39 is 6.29 Å². The fourth-order valence-electron chi connectivity index (χ4n) is 8.38. The minimum atomic E-state index is -0.608. The Labute approximate surface area is 197 Å². The quantitative estimate of drug-likeness (QED) is 0.649. The molecule has 2 saturated carbocycles. The smallest absolute Gasteiger partial charge is 0.156 e. The summed E-state index contributed by atoms with van der Waals surface area (Å²) in [6, 6.07) is 9.14. The molecule has 0 bridgehead atoms. The Bertz CT molecular complexity index is 1040.